The summed E-state index contributed by atoms with van der Waals surface area (Å²) in [6.07, 6.45) is -38.3. The Kier molecular flexibility index (Phi) is 21.1. The molecule has 9 rings (SSSR count). The van der Waals surface area contributed by atoms with Crippen LogP contribution in [0.2, 0.25) is 0 Å². The van der Waals surface area contributed by atoms with E-state index >= 15 is 0 Å². The van der Waals surface area contributed by atoms with Gasteiger partial charge in [-0.1, -0.05) is 39.3 Å². The van der Waals surface area contributed by atoms with Crippen LogP contribution in [-0.2, 0) is 71.5 Å². The van der Waals surface area contributed by atoms with Gasteiger partial charge in [0.2, 0.25) is 0 Å². The Labute approximate surface area is 500 Å². The number of Topliss-reactive ketones (excluding diaryl/α,β-unsaturated/α-hetero) is 1. The highest BCUT2D eigenvalue weighted by atomic mass is 32.3. The Hall–Kier alpha value is -1.64. The second kappa shape index (κ2) is 26.4. The third kappa shape index (κ3) is 13.4. The minimum absolute atomic E-state index is 0.00250. The molecule has 5 aliphatic heterocycles. The first-order valence-corrected chi connectivity index (χ1v) is 31.6. The fraction of sp³-hybridized carbons (Fsp3) is 0.947. The van der Waals surface area contributed by atoms with Crippen LogP contribution in [0.3, 0.4) is 0 Å². The average Bonchev–Trinajstić information content (AvgIpc) is 1.40. The van der Waals surface area contributed by atoms with Crippen molar-refractivity contribution in [3.05, 3.63) is 11.6 Å². The van der Waals surface area contributed by atoms with Crippen molar-refractivity contribution in [2.24, 2.45) is 40.4 Å². The average molecular weight is 1260 g/mol. The van der Waals surface area contributed by atoms with Gasteiger partial charge in [-0.15, -0.1) is 0 Å². The van der Waals surface area contributed by atoms with E-state index in [-0.39, 0.29) is 48.7 Å². The first-order valence-electron chi connectivity index (χ1n) is 30.3. The third-order valence-electron chi connectivity index (χ3n) is 20.5. The highest BCUT2D eigenvalue weighted by Gasteiger charge is 2.64. The molecule has 0 radical (unpaired) electrons. The van der Waals surface area contributed by atoms with Crippen LogP contribution in [-0.4, -0.2) is 259 Å². The van der Waals surface area contributed by atoms with Crippen molar-refractivity contribution < 1.29 is 135 Å². The molecule has 9 aliphatic rings. The van der Waals surface area contributed by atoms with E-state index in [0.717, 1.165) is 19.1 Å². The number of allylic oxidation sites excluding steroid dienone is 2. The normalized spacial score (nSPS) is 51.7. The summed E-state index contributed by atoms with van der Waals surface area (Å²) in [6.45, 7) is 15.6. The predicted molar refractivity (Wildman–Crippen MR) is 290 cm³/mol. The molecule has 4 aliphatic carbocycles. The summed E-state index contributed by atoms with van der Waals surface area (Å²) in [5.74, 6) is -0.786. The molecule has 34 atom stereocenters. The van der Waals surface area contributed by atoms with Gasteiger partial charge in [-0.2, -0.15) is 8.42 Å². The summed E-state index contributed by atoms with van der Waals surface area (Å²) in [5.41, 5.74) is -1.25. The van der Waals surface area contributed by atoms with Crippen molar-refractivity contribution in [1.82, 2.24) is 0 Å². The van der Waals surface area contributed by atoms with Crippen LogP contribution in [0.5, 0.6) is 0 Å². The first-order chi connectivity index (χ1) is 40.1. The molecule has 3 saturated carbocycles. The van der Waals surface area contributed by atoms with Gasteiger partial charge in [-0.25, -0.2) is 4.18 Å². The number of aliphatic hydroxyl groups excluding tert-OH is 11. The van der Waals surface area contributed by atoms with Gasteiger partial charge < -0.3 is 113 Å². The molecule has 13 N–H and O–H groups in total. The van der Waals surface area contributed by atoms with Crippen LogP contribution in [0.1, 0.15) is 120 Å². The zero-order chi connectivity index (χ0) is 63.2. The lowest BCUT2D eigenvalue weighted by Crippen LogP contribution is -2.68. The fourth-order valence-corrected chi connectivity index (χ4v) is 16.5. The summed E-state index contributed by atoms with van der Waals surface area (Å²) in [4.78, 5) is 13.2. The molecule has 0 aromatic carbocycles. The molecule has 5 saturated heterocycles. The van der Waals surface area contributed by atoms with E-state index in [0.29, 0.717) is 32.1 Å². The van der Waals surface area contributed by atoms with Gasteiger partial charge in [0.05, 0.1) is 42.2 Å². The van der Waals surface area contributed by atoms with Crippen LogP contribution >= 0.6 is 0 Å². The van der Waals surface area contributed by atoms with Crippen molar-refractivity contribution in [1.29, 1.82) is 0 Å². The molecule has 28 nitrogen and oxygen atoms in total. The zero-order valence-corrected chi connectivity index (χ0v) is 51.1. The van der Waals surface area contributed by atoms with Crippen molar-refractivity contribution in [2.45, 2.75) is 292 Å². The first kappa shape index (κ1) is 68.7. The summed E-state index contributed by atoms with van der Waals surface area (Å²) >= 11 is 0. The summed E-state index contributed by atoms with van der Waals surface area (Å²) in [6, 6.07) is 0. The number of ketones is 1. The Morgan fingerprint density at radius 2 is 1.12 bits per heavy atom. The predicted octanol–water partition coefficient (Wildman–Crippen LogP) is -1.68. The molecule has 0 aromatic heterocycles. The van der Waals surface area contributed by atoms with Crippen molar-refractivity contribution in [3.8, 4) is 0 Å². The van der Waals surface area contributed by atoms with E-state index in [1.54, 1.807) is 6.92 Å². The number of ether oxygens (including phenoxy) is 11. The molecule has 0 aromatic rings. The standard InChI is InChI=1S/C57H94O28S/c1-21(2)17-26(58)20-57(9,70)33-12-11-29-28-19-32(31-18-27(85-86(71,72)73)13-15-55(31,7)30(28)14-16-56(29,33)8)79-52-44(69)46(36(61)24(5)77-52)81-53-48(83-51-41(66)38(63)35(60)23(4)76-51)43(68)45(25(6)78-53)80-54-47(39(64)42(67)49(74-10)84-54)82-50-40(65)37(62)34(59)22(3)75-50/h14,21-25,27-29,31-54,59-70H,11-13,15-20H2,1-10H3,(H,71,72,73)/t22-,23-,24-,25-,27+,28+,29+,31-,32+,33+,34+,35-,36-,37+,38+,39+,40-,41-,42+,43+,44-,45-,46+,47-,48-,49+,50+,51+,52+,53+,54-,55-,56+,57+/m1/s1. The van der Waals surface area contributed by atoms with Crippen LogP contribution in [0, 0.1) is 40.4 Å². The smallest absolute Gasteiger partial charge is 0.389 e. The number of fused-ring (bicyclic) bond motifs is 5. The molecule has 8 fully saturated rings. The van der Waals surface area contributed by atoms with Gasteiger partial charge in [0.25, 0.3) is 0 Å². The van der Waals surface area contributed by atoms with E-state index in [1.165, 1.54) is 27.7 Å². The zero-order valence-electron chi connectivity index (χ0n) is 50.3. The molecule has 0 amide bonds. The number of aliphatic hydroxyl groups is 12. The third-order valence-corrected chi connectivity index (χ3v) is 21.0. The van der Waals surface area contributed by atoms with Crippen LogP contribution < -0.4 is 0 Å². The summed E-state index contributed by atoms with van der Waals surface area (Å²) in [7, 11) is -3.74. The molecule has 0 unspecified atom stereocenters. The van der Waals surface area contributed by atoms with Crippen molar-refractivity contribution in [3.63, 3.8) is 0 Å². The Morgan fingerprint density at radius 3 is 1.69 bits per heavy atom. The fourth-order valence-electron chi connectivity index (χ4n) is 16.0. The largest absolute Gasteiger partial charge is 0.397 e. The van der Waals surface area contributed by atoms with Gasteiger partial charge in [0.1, 0.15) is 97.3 Å². The lowest BCUT2D eigenvalue weighted by atomic mass is 9.47. The van der Waals surface area contributed by atoms with E-state index in [4.69, 9.17) is 56.3 Å². The van der Waals surface area contributed by atoms with E-state index < -0.39 is 199 Å². The Bertz CT molecular complexity index is 2460. The van der Waals surface area contributed by atoms with E-state index in [2.05, 4.69) is 19.9 Å². The molecule has 86 heavy (non-hydrogen) atoms. The number of carbonyl (C=O) groups is 1. The van der Waals surface area contributed by atoms with Gasteiger partial charge in [0.15, 0.2) is 37.7 Å². The molecule has 0 bridgehead atoms. The van der Waals surface area contributed by atoms with Crippen molar-refractivity contribution >= 4 is 16.2 Å². The Morgan fingerprint density at radius 1 is 0.605 bits per heavy atom. The maximum absolute atomic E-state index is 13.2. The number of rotatable bonds is 18. The topological polar surface area (TPSA) is 425 Å². The molecular weight excluding hydrogens is 1160 g/mol. The number of hydrogen-bond donors (Lipinski definition) is 13. The second-order valence-electron chi connectivity index (χ2n) is 27.0. The van der Waals surface area contributed by atoms with E-state index in [9.17, 15) is 79.0 Å². The maximum Gasteiger partial charge on any atom is 0.397 e. The van der Waals surface area contributed by atoms with Gasteiger partial charge in [0, 0.05) is 20.0 Å². The lowest BCUT2D eigenvalue weighted by Gasteiger charge is -2.60. The SMILES string of the molecule is CO[C@H]1O[C@@H](O[C@H]2[C@H](O)[C@@H](O[C@@H]3O[C@H](C)[C@@H](O)[C@H](O)[C@H]3O)[C@H](O[C@@H]3[C@@H](O)[C@H](O[C@H]4C[C@@H]5C(=CC[C@@]6(C)[C@H]5CC[C@@H]6[C@@](C)(O)CC(=O)CC(C)C)[C@@]5(C)CC[C@H](OS(=O)(=O)O)C[C@H]45)O[C@H](C)[C@H]3O)O[C@@H]2C)[C@H](O[C@@H]2O[C@H](C)[C@H](O)[C@H](O)[C@H]2O)[C@@H](O)[C@@H]1O. The Balaban J connectivity index is 0.996. The minimum atomic E-state index is -4.88. The monoisotopic (exact) mass is 1260 g/mol. The maximum atomic E-state index is 13.2. The van der Waals surface area contributed by atoms with Crippen LogP contribution in [0.4, 0.5) is 0 Å². The highest BCUT2D eigenvalue weighted by molar-refractivity contribution is 7.80. The molecular formula is C57H94O28S. The van der Waals surface area contributed by atoms with Crippen LogP contribution in [0.15, 0.2) is 11.6 Å². The quantitative estimate of drug-likeness (QED) is 0.0539. The molecule has 5 heterocycles. The molecule has 0 spiro atoms. The summed E-state index contributed by atoms with van der Waals surface area (Å²) in [5, 5.41) is 136. The second-order valence-corrected chi connectivity index (χ2v) is 28.0. The van der Waals surface area contributed by atoms with E-state index in [1.807, 2.05) is 13.8 Å². The summed E-state index contributed by atoms with van der Waals surface area (Å²) < 4.78 is 106. The van der Waals surface area contributed by atoms with Crippen LogP contribution in [0.25, 0.3) is 0 Å². The molecule has 29 heteroatoms. The lowest BCUT2D eigenvalue weighted by molar-refractivity contribution is -0.416. The van der Waals surface area contributed by atoms with Gasteiger partial charge in [-0.3, -0.25) is 9.35 Å². The molecule has 496 valence electrons. The van der Waals surface area contributed by atoms with Gasteiger partial charge >= 0.3 is 10.4 Å². The number of carbonyl (C=O) groups excluding carboxylic acids is 1. The minimum Gasteiger partial charge on any atom is -0.389 e. The highest BCUT2D eigenvalue weighted by Crippen LogP contribution is 2.67. The van der Waals surface area contributed by atoms with Crippen molar-refractivity contribution in [2.75, 3.05) is 7.11 Å². The number of methoxy groups -OCH3 is 1. The number of hydrogen-bond acceptors (Lipinski definition) is 27. The van der Waals surface area contributed by atoms with Gasteiger partial charge in [-0.05, 0) is 120 Å².